The highest BCUT2D eigenvalue weighted by molar-refractivity contribution is 5.93. The number of nitrogens with zero attached hydrogens (tertiary/aromatic N) is 1. The fourth-order valence-corrected chi connectivity index (χ4v) is 4.90. The van der Waals surface area contributed by atoms with Gasteiger partial charge in [0.15, 0.2) is 0 Å². The molecule has 2 aliphatic rings. The molecule has 30 heavy (non-hydrogen) atoms. The minimum Gasteiger partial charge on any atom is -0.495 e. The molecule has 0 radical (unpaired) electrons. The van der Waals surface area contributed by atoms with Crippen molar-refractivity contribution in [2.75, 3.05) is 32.1 Å². The van der Waals surface area contributed by atoms with Gasteiger partial charge < -0.3 is 15.4 Å². The van der Waals surface area contributed by atoms with Crippen molar-refractivity contribution in [1.29, 1.82) is 0 Å². The third-order valence-electron chi connectivity index (χ3n) is 6.23. The Morgan fingerprint density at radius 1 is 1.27 bits per heavy atom. The quantitative estimate of drug-likeness (QED) is 0.799. The van der Waals surface area contributed by atoms with Crippen LogP contribution in [0.1, 0.15) is 36.3 Å². The largest absolute Gasteiger partial charge is 0.495 e. The van der Waals surface area contributed by atoms with Crippen LogP contribution < -0.4 is 15.4 Å². The number of piperidine rings is 1. The number of ether oxygens (including phenoxy) is 1. The maximum absolute atomic E-state index is 12.8. The van der Waals surface area contributed by atoms with Crippen molar-refractivity contribution in [3.8, 4) is 5.75 Å². The van der Waals surface area contributed by atoms with Gasteiger partial charge in [0.05, 0.1) is 24.9 Å². The molecule has 2 N–H and O–H groups in total. The molecule has 6 heteroatoms. The molecular weight excluding hydrogens is 378 g/mol. The van der Waals surface area contributed by atoms with Crippen LogP contribution in [0, 0.1) is 6.92 Å². The Labute approximate surface area is 177 Å². The smallest absolute Gasteiger partial charge is 0.238 e. The number of likely N-dealkylation sites (tertiary alicyclic amines) is 1. The number of aryl methyl sites for hydroxylation is 1. The Bertz CT molecular complexity index is 931. The second-order valence-electron chi connectivity index (χ2n) is 8.44. The van der Waals surface area contributed by atoms with Crippen molar-refractivity contribution in [3.05, 3.63) is 59.7 Å². The molecule has 2 aliphatic heterocycles. The van der Waals surface area contributed by atoms with E-state index in [4.69, 9.17) is 4.74 Å². The van der Waals surface area contributed by atoms with E-state index in [2.05, 4.69) is 27.7 Å². The Morgan fingerprint density at radius 3 is 2.80 bits per heavy atom. The summed E-state index contributed by atoms with van der Waals surface area (Å²) >= 11 is 0. The zero-order valence-corrected chi connectivity index (χ0v) is 17.6. The van der Waals surface area contributed by atoms with E-state index < -0.39 is 0 Å². The van der Waals surface area contributed by atoms with Crippen molar-refractivity contribution in [2.24, 2.45) is 0 Å². The van der Waals surface area contributed by atoms with Crippen molar-refractivity contribution in [3.63, 3.8) is 0 Å². The molecule has 0 aliphatic carbocycles. The van der Waals surface area contributed by atoms with E-state index in [1.165, 1.54) is 5.56 Å². The predicted molar refractivity (Wildman–Crippen MR) is 117 cm³/mol. The maximum atomic E-state index is 12.8. The lowest BCUT2D eigenvalue weighted by Gasteiger charge is -2.39. The fourth-order valence-electron chi connectivity index (χ4n) is 4.90. The zero-order chi connectivity index (χ0) is 21.1. The van der Waals surface area contributed by atoms with Crippen LogP contribution in [-0.4, -0.2) is 49.0 Å². The second kappa shape index (κ2) is 8.48. The normalized spacial score (nSPS) is 23.9. The number of anilines is 1. The minimum atomic E-state index is -0.308. The number of amides is 2. The van der Waals surface area contributed by atoms with Crippen LogP contribution in [0.5, 0.6) is 5.75 Å². The van der Waals surface area contributed by atoms with Crippen molar-refractivity contribution < 1.29 is 14.3 Å². The molecule has 2 saturated heterocycles. The van der Waals surface area contributed by atoms with Crippen molar-refractivity contribution >= 4 is 17.5 Å². The average molecular weight is 408 g/mol. The number of nitrogens with one attached hydrogen (secondary N) is 2. The average Bonchev–Trinajstić information content (AvgIpc) is 3.05. The Kier molecular flexibility index (Phi) is 5.77. The van der Waals surface area contributed by atoms with Crippen LogP contribution in [0.25, 0.3) is 0 Å². The van der Waals surface area contributed by atoms with Gasteiger partial charge in [-0.05, 0) is 43.0 Å². The van der Waals surface area contributed by atoms with Gasteiger partial charge in [-0.15, -0.1) is 0 Å². The van der Waals surface area contributed by atoms with E-state index in [9.17, 15) is 9.59 Å². The number of rotatable bonds is 5. The van der Waals surface area contributed by atoms with Gasteiger partial charge in [-0.1, -0.05) is 36.4 Å². The van der Waals surface area contributed by atoms with E-state index >= 15 is 0 Å². The van der Waals surface area contributed by atoms with Gasteiger partial charge in [-0.3, -0.25) is 14.5 Å². The molecule has 2 atom stereocenters. The molecule has 2 aromatic rings. The van der Waals surface area contributed by atoms with E-state index in [0.717, 1.165) is 24.9 Å². The van der Waals surface area contributed by atoms with Crippen LogP contribution in [0.4, 0.5) is 5.69 Å². The fraction of sp³-hybridized carbons (Fsp3) is 0.417. The first-order valence-corrected chi connectivity index (χ1v) is 10.5. The molecule has 0 bridgehead atoms. The first-order chi connectivity index (χ1) is 14.5. The SMILES string of the molecule is COc1ccc(C)cc1NC(=O)CN1C[C@@H](c2ccccc2)[C@@]2(CCCC(=O)N2)C1. The highest BCUT2D eigenvalue weighted by atomic mass is 16.5. The van der Waals surface area contributed by atoms with Crippen LogP contribution >= 0.6 is 0 Å². The van der Waals surface area contributed by atoms with E-state index in [1.807, 2.05) is 43.3 Å². The molecule has 6 nitrogen and oxygen atoms in total. The molecule has 2 amide bonds. The van der Waals surface area contributed by atoms with E-state index in [0.29, 0.717) is 24.4 Å². The number of methoxy groups -OCH3 is 1. The summed E-state index contributed by atoms with van der Waals surface area (Å²) in [5.74, 6) is 0.848. The third-order valence-corrected chi connectivity index (χ3v) is 6.23. The highest BCUT2D eigenvalue weighted by Gasteiger charge is 2.49. The van der Waals surface area contributed by atoms with Gasteiger partial charge in [-0.2, -0.15) is 0 Å². The van der Waals surface area contributed by atoms with Gasteiger partial charge in [0.25, 0.3) is 0 Å². The lowest BCUT2D eigenvalue weighted by molar-refractivity contribution is -0.125. The zero-order valence-electron chi connectivity index (χ0n) is 17.6. The Morgan fingerprint density at radius 2 is 2.07 bits per heavy atom. The minimum absolute atomic E-state index is 0.0788. The lowest BCUT2D eigenvalue weighted by atomic mass is 9.76. The molecule has 0 saturated carbocycles. The molecule has 2 aromatic carbocycles. The van der Waals surface area contributed by atoms with E-state index in [-0.39, 0.29) is 29.8 Å². The first kappa shape index (κ1) is 20.4. The Hall–Kier alpha value is -2.86. The molecule has 1 spiro atoms. The van der Waals surface area contributed by atoms with Crippen LogP contribution in [0.15, 0.2) is 48.5 Å². The van der Waals surface area contributed by atoms with Crippen LogP contribution in [0.2, 0.25) is 0 Å². The van der Waals surface area contributed by atoms with Gasteiger partial charge in [0, 0.05) is 25.4 Å². The summed E-state index contributed by atoms with van der Waals surface area (Å²) in [7, 11) is 1.60. The highest BCUT2D eigenvalue weighted by Crippen LogP contribution is 2.41. The number of hydrogen-bond acceptors (Lipinski definition) is 4. The molecule has 2 heterocycles. The van der Waals surface area contributed by atoms with Gasteiger partial charge in [0.1, 0.15) is 5.75 Å². The molecular formula is C24H29N3O3. The first-order valence-electron chi connectivity index (χ1n) is 10.5. The molecule has 158 valence electrons. The van der Waals surface area contributed by atoms with Crippen LogP contribution in [0.3, 0.4) is 0 Å². The number of carbonyl (C=O) groups excluding carboxylic acids is 2. The summed E-state index contributed by atoms with van der Waals surface area (Å²) in [5.41, 5.74) is 2.64. The summed E-state index contributed by atoms with van der Waals surface area (Å²) in [4.78, 5) is 27.2. The summed E-state index contributed by atoms with van der Waals surface area (Å²) in [6.45, 7) is 3.67. The summed E-state index contributed by atoms with van der Waals surface area (Å²) in [5, 5.41) is 6.28. The number of benzene rings is 2. The van der Waals surface area contributed by atoms with E-state index in [1.54, 1.807) is 7.11 Å². The van der Waals surface area contributed by atoms with Gasteiger partial charge in [-0.25, -0.2) is 0 Å². The van der Waals surface area contributed by atoms with Crippen LogP contribution in [-0.2, 0) is 9.59 Å². The summed E-state index contributed by atoms with van der Waals surface area (Å²) in [6.07, 6.45) is 2.40. The molecule has 4 rings (SSSR count). The third kappa shape index (κ3) is 4.19. The predicted octanol–water partition coefficient (Wildman–Crippen LogP) is 3.08. The van der Waals surface area contributed by atoms with Gasteiger partial charge in [0.2, 0.25) is 11.8 Å². The molecule has 0 unspecified atom stereocenters. The van der Waals surface area contributed by atoms with Crippen molar-refractivity contribution in [2.45, 2.75) is 37.6 Å². The number of hydrogen-bond donors (Lipinski definition) is 2. The maximum Gasteiger partial charge on any atom is 0.238 e. The molecule has 0 aromatic heterocycles. The van der Waals surface area contributed by atoms with Crippen molar-refractivity contribution in [1.82, 2.24) is 10.2 Å². The standard InChI is InChI=1S/C24H29N3O3/c1-17-10-11-21(30-2)20(13-17)25-23(29)15-27-14-19(18-7-4-3-5-8-18)24(16-27)12-6-9-22(28)26-24/h3-5,7-8,10-11,13,19H,6,9,12,14-16H2,1-2H3,(H,25,29)(H,26,28)/t19-,24+/m0/s1. The summed E-state index contributed by atoms with van der Waals surface area (Å²) < 4.78 is 5.37. The summed E-state index contributed by atoms with van der Waals surface area (Å²) in [6, 6.07) is 16.0. The topological polar surface area (TPSA) is 70.7 Å². The Balaban J connectivity index is 1.51. The lowest BCUT2D eigenvalue weighted by Crippen LogP contribution is -2.56. The second-order valence-corrected chi connectivity index (χ2v) is 8.44. The monoisotopic (exact) mass is 407 g/mol. The number of carbonyl (C=O) groups is 2. The van der Waals surface area contributed by atoms with Gasteiger partial charge >= 0.3 is 0 Å². The molecule has 2 fully saturated rings.